The van der Waals surface area contributed by atoms with E-state index in [1.807, 2.05) is 0 Å². The largest absolute Gasteiger partial charge is 0.332 e. The van der Waals surface area contributed by atoms with Crippen LogP contribution in [0, 0.1) is 10.1 Å². The molecule has 0 aliphatic heterocycles. The van der Waals surface area contributed by atoms with Gasteiger partial charge in [0, 0.05) is 26.2 Å². The molecular formula is C16H14N6O6. The first-order valence-electron chi connectivity index (χ1n) is 7.89. The molecule has 0 fully saturated rings. The molecule has 12 nitrogen and oxygen atoms in total. The Kier molecular flexibility index (Phi) is 4.61. The van der Waals surface area contributed by atoms with Crippen LogP contribution in [0.4, 0.5) is 11.4 Å². The van der Waals surface area contributed by atoms with Crippen LogP contribution < -0.4 is 22.1 Å². The molecule has 144 valence electrons. The molecule has 3 aromatic heterocycles. The predicted octanol–water partition coefficient (Wildman–Crippen LogP) is -0.659. The van der Waals surface area contributed by atoms with E-state index >= 15 is 0 Å². The molecule has 0 radical (unpaired) electrons. The van der Waals surface area contributed by atoms with Crippen LogP contribution in [-0.4, -0.2) is 29.5 Å². The lowest BCUT2D eigenvalue weighted by molar-refractivity contribution is -0.385. The summed E-state index contributed by atoms with van der Waals surface area (Å²) in [7, 11) is 2.79. The predicted molar refractivity (Wildman–Crippen MR) is 98.2 cm³/mol. The summed E-state index contributed by atoms with van der Waals surface area (Å²) in [6, 6.07) is 3.40. The number of carbonyl (C=O) groups is 1. The lowest BCUT2D eigenvalue weighted by Gasteiger charge is -2.10. The molecule has 0 spiro atoms. The van der Waals surface area contributed by atoms with Crippen molar-refractivity contribution in [3.05, 3.63) is 71.9 Å². The molecule has 0 aliphatic rings. The molecule has 0 aromatic carbocycles. The van der Waals surface area contributed by atoms with Crippen molar-refractivity contribution in [2.24, 2.45) is 14.1 Å². The van der Waals surface area contributed by atoms with Gasteiger partial charge in [-0.15, -0.1) is 0 Å². The van der Waals surface area contributed by atoms with E-state index in [2.05, 4.69) is 10.3 Å². The number of nitro groups is 1. The van der Waals surface area contributed by atoms with Gasteiger partial charge < -0.3 is 5.32 Å². The van der Waals surface area contributed by atoms with Crippen LogP contribution in [-0.2, 0) is 25.4 Å². The van der Waals surface area contributed by atoms with Gasteiger partial charge in [-0.1, -0.05) is 0 Å². The lowest BCUT2D eigenvalue weighted by atomic mass is 10.3. The number of anilines is 1. The van der Waals surface area contributed by atoms with Gasteiger partial charge in [-0.05, 0) is 6.07 Å². The van der Waals surface area contributed by atoms with Crippen LogP contribution in [0.5, 0.6) is 0 Å². The van der Waals surface area contributed by atoms with Crippen molar-refractivity contribution in [2.45, 2.75) is 6.54 Å². The second kappa shape index (κ2) is 6.90. The van der Waals surface area contributed by atoms with E-state index in [0.29, 0.717) is 0 Å². The highest BCUT2D eigenvalue weighted by Gasteiger charge is 2.13. The van der Waals surface area contributed by atoms with Crippen LogP contribution in [0.15, 0.2) is 45.0 Å². The maximum absolute atomic E-state index is 12.3. The van der Waals surface area contributed by atoms with Crippen molar-refractivity contribution >= 4 is 28.3 Å². The van der Waals surface area contributed by atoms with Gasteiger partial charge in [0.1, 0.15) is 12.2 Å². The van der Waals surface area contributed by atoms with E-state index in [1.54, 1.807) is 0 Å². The molecule has 1 amide bonds. The first-order valence-corrected chi connectivity index (χ1v) is 7.89. The van der Waals surface area contributed by atoms with Gasteiger partial charge in [0.25, 0.3) is 16.8 Å². The highest BCUT2D eigenvalue weighted by Crippen LogP contribution is 2.12. The average Bonchev–Trinajstić information content (AvgIpc) is 2.66. The number of aryl methyl sites for hydroxylation is 1. The second-order valence-corrected chi connectivity index (χ2v) is 5.96. The number of fused-ring (bicyclic) bond motifs is 1. The molecule has 3 rings (SSSR count). The van der Waals surface area contributed by atoms with Crippen molar-refractivity contribution in [2.75, 3.05) is 5.32 Å². The van der Waals surface area contributed by atoms with Crippen molar-refractivity contribution in [3.8, 4) is 0 Å². The summed E-state index contributed by atoms with van der Waals surface area (Å²) in [5.74, 6) is -0.648. The minimum Gasteiger partial charge on any atom is -0.323 e. The van der Waals surface area contributed by atoms with Gasteiger partial charge in [-0.3, -0.25) is 38.2 Å². The number of nitrogens with zero attached hydrogens (tertiary/aromatic N) is 5. The quantitative estimate of drug-likeness (QED) is 0.462. The first kappa shape index (κ1) is 18.7. The summed E-state index contributed by atoms with van der Waals surface area (Å²) < 4.78 is 3.01. The third-order valence-corrected chi connectivity index (χ3v) is 4.07. The summed E-state index contributed by atoms with van der Waals surface area (Å²) in [4.78, 5) is 62.3. The molecule has 3 heterocycles. The minimum atomic E-state index is -0.679. The fourth-order valence-electron chi connectivity index (χ4n) is 2.64. The number of hydrogen-bond acceptors (Lipinski definition) is 7. The Labute approximate surface area is 155 Å². The van der Waals surface area contributed by atoms with Gasteiger partial charge in [-0.25, -0.2) is 9.78 Å². The number of hydrogen-bond donors (Lipinski definition) is 1. The molecule has 12 heteroatoms. The van der Waals surface area contributed by atoms with Gasteiger partial charge in [0.05, 0.1) is 28.4 Å². The maximum atomic E-state index is 12.3. The molecule has 0 saturated carbocycles. The van der Waals surface area contributed by atoms with Gasteiger partial charge in [-0.2, -0.15) is 0 Å². The normalized spacial score (nSPS) is 10.8. The average molecular weight is 386 g/mol. The molecule has 28 heavy (non-hydrogen) atoms. The van der Waals surface area contributed by atoms with Crippen molar-refractivity contribution in [1.82, 2.24) is 18.7 Å². The number of nitrogens with one attached hydrogen (secondary N) is 1. The number of aromatic nitrogens is 4. The zero-order valence-corrected chi connectivity index (χ0v) is 14.8. The number of pyridine rings is 2. The Morgan fingerprint density at radius 3 is 2.61 bits per heavy atom. The standard InChI is InChI=1S/C16H14N6O6/c1-19-14-11(15(25)20(2)16(19)26)5-9(6-17-14)18-12(23)8-21-7-10(22(27)28)3-4-13(21)24/h3-7H,8H2,1-2H3,(H,18,23). The summed E-state index contributed by atoms with van der Waals surface area (Å²) >= 11 is 0. The van der Waals surface area contributed by atoms with Gasteiger partial charge in [0.15, 0.2) is 0 Å². The van der Waals surface area contributed by atoms with Crippen LogP contribution in [0.2, 0.25) is 0 Å². The lowest BCUT2D eigenvalue weighted by Crippen LogP contribution is -2.37. The SMILES string of the molecule is Cn1c(=O)c2cc(NC(=O)Cn3cc([N+](=O)[O-])ccc3=O)cnc2n(C)c1=O. The zero-order chi connectivity index (χ0) is 20.6. The third-order valence-electron chi connectivity index (χ3n) is 4.07. The Bertz CT molecular complexity index is 1300. The van der Waals surface area contributed by atoms with E-state index in [4.69, 9.17) is 0 Å². The summed E-state index contributed by atoms with van der Waals surface area (Å²) in [6.45, 7) is -0.468. The number of carbonyl (C=O) groups excluding carboxylic acids is 1. The van der Waals surface area contributed by atoms with Crippen molar-refractivity contribution < 1.29 is 9.72 Å². The van der Waals surface area contributed by atoms with Crippen molar-refractivity contribution in [3.63, 3.8) is 0 Å². The zero-order valence-electron chi connectivity index (χ0n) is 14.8. The fourth-order valence-corrected chi connectivity index (χ4v) is 2.64. The smallest absolute Gasteiger partial charge is 0.323 e. The Hall–Kier alpha value is -4.09. The highest BCUT2D eigenvalue weighted by molar-refractivity contribution is 5.92. The van der Waals surface area contributed by atoms with Gasteiger partial charge in [0.2, 0.25) is 5.91 Å². The van der Waals surface area contributed by atoms with Crippen LogP contribution in [0.1, 0.15) is 0 Å². The van der Waals surface area contributed by atoms with Crippen LogP contribution >= 0.6 is 0 Å². The molecule has 0 atom stereocenters. The number of amides is 1. The molecule has 3 aromatic rings. The Balaban J connectivity index is 1.91. The first-order chi connectivity index (χ1) is 13.2. The third kappa shape index (κ3) is 3.30. The monoisotopic (exact) mass is 386 g/mol. The Morgan fingerprint density at radius 1 is 1.21 bits per heavy atom. The van der Waals surface area contributed by atoms with E-state index in [-0.39, 0.29) is 22.4 Å². The summed E-state index contributed by atoms with van der Waals surface area (Å²) in [6.07, 6.45) is 2.22. The summed E-state index contributed by atoms with van der Waals surface area (Å²) in [5, 5.41) is 13.4. The van der Waals surface area contributed by atoms with E-state index in [1.165, 1.54) is 30.9 Å². The minimum absolute atomic E-state index is 0.120. The second-order valence-electron chi connectivity index (χ2n) is 5.96. The molecule has 0 bridgehead atoms. The molecule has 0 unspecified atom stereocenters. The molecule has 0 aliphatic carbocycles. The summed E-state index contributed by atoms with van der Waals surface area (Å²) in [5.41, 5.74) is -1.69. The molecular weight excluding hydrogens is 372 g/mol. The van der Waals surface area contributed by atoms with E-state index < -0.39 is 34.2 Å². The maximum Gasteiger partial charge on any atom is 0.332 e. The number of rotatable bonds is 4. The topological polar surface area (TPSA) is 151 Å². The molecule has 1 N–H and O–H groups in total. The Morgan fingerprint density at radius 2 is 1.93 bits per heavy atom. The molecule has 0 saturated heterocycles. The van der Waals surface area contributed by atoms with Gasteiger partial charge >= 0.3 is 5.69 Å². The van der Waals surface area contributed by atoms with Crippen LogP contribution in [0.25, 0.3) is 11.0 Å². The fraction of sp³-hybridized carbons (Fsp3) is 0.188. The van der Waals surface area contributed by atoms with E-state index in [0.717, 1.165) is 27.5 Å². The van der Waals surface area contributed by atoms with Crippen LogP contribution in [0.3, 0.4) is 0 Å². The van der Waals surface area contributed by atoms with E-state index in [9.17, 15) is 29.3 Å². The van der Waals surface area contributed by atoms with Crippen molar-refractivity contribution in [1.29, 1.82) is 0 Å². The highest BCUT2D eigenvalue weighted by atomic mass is 16.6.